The molecule has 0 saturated heterocycles. The van der Waals surface area contributed by atoms with Crippen molar-refractivity contribution in [2.45, 2.75) is 52.5 Å². The summed E-state index contributed by atoms with van der Waals surface area (Å²) in [6, 6.07) is 10.5. The summed E-state index contributed by atoms with van der Waals surface area (Å²) in [5.41, 5.74) is 3.21. The van der Waals surface area contributed by atoms with Crippen LogP contribution in [0.15, 0.2) is 42.7 Å². The third-order valence-corrected chi connectivity index (χ3v) is 4.90. The molecule has 0 aliphatic rings. The topological polar surface area (TPSA) is 90.1 Å². The van der Waals surface area contributed by atoms with Crippen molar-refractivity contribution in [2.24, 2.45) is 0 Å². The van der Waals surface area contributed by atoms with Crippen LogP contribution >= 0.6 is 0 Å². The highest BCUT2D eigenvalue weighted by molar-refractivity contribution is 5.54. The zero-order chi connectivity index (χ0) is 20.2. The fourth-order valence-corrected chi connectivity index (χ4v) is 3.20. The fourth-order valence-electron chi connectivity index (χ4n) is 3.20. The van der Waals surface area contributed by atoms with Crippen molar-refractivity contribution >= 4 is 0 Å². The van der Waals surface area contributed by atoms with Gasteiger partial charge in [-0.25, -0.2) is 9.67 Å². The number of aromatic nitrogens is 8. The number of unbranched alkanes of at least 4 members (excludes halogenated alkanes) is 1. The normalized spacial score (nSPS) is 11.4. The average Bonchev–Trinajstić information content (AvgIpc) is 3.47. The Hall–Kier alpha value is -3.29. The Kier molecular flexibility index (Phi) is 5.50. The Morgan fingerprint density at radius 3 is 2.62 bits per heavy atom. The number of benzene rings is 1. The largest absolute Gasteiger partial charge is 0.323 e. The molecule has 0 bridgehead atoms. The smallest absolute Gasteiger partial charge is 0.206 e. The van der Waals surface area contributed by atoms with E-state index in [0.29, 0.717) is 11.7 Å². The molecule has 0 aliphatic carbocycles. The summed E-state index contributed by atoms with van der Waals surface area (Å²) in [5, 5.41) is 18.9. The minimum Gasteiger partial charge on any atom is -0.323 e. The Morgan fingerprint density at radius 1 is 1.10 bits per heavy atom. The maximum atomic E-state index is 4.76. The summed E-state index contributed by atoms with van der Waals surface area (Å²) in [6.45, 7) is 7.21. The highest BCUT2D eigenvalue weighted by atomic mass is 15.5. The van der Waals surface area contributed by atoms with Crippen molar-refractivity contribution in [1.82, 2.24) is 40.0 Å². The van der Waals surface area contributed by atoms with E-state index in [9.17, 15) is 0 Å². The predicted octanol–water partition coefficient (Wildman–Crippen LogP) is 3.76. The molecule has 0 spiro atoms. The molecule has 0 radical (unpaired) electrons. The van der Waals surface area contributed by atoms with E-state index in [1.807, 2.05) is 18.5 Å². The van der Waals surface area contributed by atoms with Gasteiger partial charge in [-0.3, -0.25) is 0 Å². The van der Waals surface area contributed by atoms with Crippen LogP contribution in [0.3, 0.4) is 0 Å². The first-order chi connectivity index (χ1) is 14.1. The molecule has 4 aromatic rings. The molecule has 8 nitrogen and oxygen atoms in total. The number of aryl methyl sites for hydroxylation is 1. The van der Waals surface area contributed by atoms with Gasteiger partial charge in [-0.1, -0.05) is 39.3 Å². The molecule has 1 aromatic carbocycles. The van der Waals surface area contributed by atoms with Crippen LogP contribution in [-0.4, -0.2) is 40.0 Å². The van der Waals surface area contributed by atoms with Gasteiger partial charge in [0, 0.05) is 36.0 Å². The minimum absolute atomic E-state index is 0.334. The summed E-state index contributed by atoms with van der Waals surface area (Å²) in [5.74, 6) is 2.93. The van der Waals surface area contributed by atoms with Gasteiger partial charge in [0.2, 0.25) is 5.82 Å². The Bertz CT molecular complexity index is 1040. The SMILES string of the molecule is CCCCc1nc(C(C)C)nn1Cc1ccc(-n2ccc(-c3nn[nH]n3)c2)cc1. The molecule has 0 atom stereocenters. The van der Waals surface area contributed by atoms with E-state index in [-0.39, 0.29) is 0 Å². The Labute approximate surface area is 170 Å². The first-order valence-electron chi connectivity index (χ1n) is 10.1. The van der Waals surface area contributed by atoms with Crippen LogP contribution in [0.1, 0.15) is 56.7 Å². The molecule has 150 valence electrons. The zero-order valence-corrected chi connectivity index (χ0v) is 17.1. The molecule has 3 heterocycles. The summed E-state index contributed by atoms with van der Waals surface area (Å²) < 4.78 is 4.11. The third kappa shape index (κ3) is 4.26. The molecule has 0 unspecified atom stereocenters. The van der Waals surface area contributed by atoms with Crippen LogP contribution in [-0.2, 0) is 13.0 Å². The maximum absolute atomic E-state index is 4.76. The van der Waals surface area contributed by atoms with Gasteiger partial charge < -0.3 is 4.57 Å². The predicted molar refractivity (Wildman–Crippen MR) is 111 cm³/mol. The molecule has 0 amide bonds. The number of nitrogens with zero attached hydrogens (tertiary/aromatic N) is 7. The molecule has 0 saturated carbocycles. The number of hydrogen-bond donors (Lipinski definition) is 1. The van der Waals surface area contributed by atoms with Crippen molar-refractivity contribution in [3.63, 3.8) is 0 Å². The Morgan fingerprint density at radius 2 is 1.93 bits per heavy atom. The zero-order valence-electron chi connectivity index (χ0n) is 17.1. The second-order valence-corrected chi connectivity index (χ2v) is 7.51. The van der Waals surface area contributed by atoms with Gasteiger partial charge >= 0.3 is 0 Å². The standard InChI is InChI=1S/C21H26N8/c1-4-5-6-19-22-20(15(2)3)25-29(19)13-16-7-9-18(10-8-16)28-12-11-17(14-28)21-23-26-27-24-21/h7-12,14-15H,4-6,13H2,1-3H3,(H,23,24,26,27). The molecule has 1 N–H and O–H groups in total. The van der Waals surface area contributed by atoms with E-state index < -0.39 is 0 Å². The lowest BCUT2D eigenvalue weighted by atomic mass is 10.2. The number of nitrogens with one attached hydrogen (secondary N) is 1. The average molecular weight is 390 g/mol. The van der Waals surface area contributed by atoms with Crippen molar-refractivity contribution < 1.29 is 0 Å². The van der Waals surface area contributed by atoms with Crippen molar-refractivity contribution in [1.29, 1.82) is 0 Å². The second-order valence-electron chi connectivity index (χ2n) is 7.51. The molecule has 0 aliphatic heterocycles. The van der Waals surface area contributed by atoms with Gasteiger partial charge in [0.05, 0.1) is 6.54 Å². The molecule has 29 heavy (non-hydrogen) atoms. The summed E-state index contributed by atoms with van der Waals surface area (Å²) in [7, 11) is 0. The number of tetrazole rings is 1. The van der Waals surface area contributed by atoms with Gasteiger partial charge in [-0.15, -0.1) is 10.2 Å². The van der Waals surface area contributed by atoms with Crippen molar-refractivity contribution in [2.75, 3.05) is 0 Å². The highest BCUT2D eigenvalue weighted by Crippen LogP contribution is 2.19. The summed E-state index contributed by atoms with van der Waals surface area (Å²) >= 11 is 0. The summed E-state index contributed by atoms with van der Waals surface area (Å²) in [6.07, 6.45) is 7.24. The lowest BCUT2D eigenvalue weighted by molar-refractivity contribution is 0.610. The maximum Gasteiger partial charge on any atom is 0.206 e. The van der Waals surface area contributed by atoms with Gasteiger partial charge in [-0.05, 0) is 35.4 Å². The van der Waals surface area contributed by atoms with E-state index in [1.165, 1.54) is 5.56 Å². The number of aromatic amines is 1. The fraction of sp³-hybridized carbons (Fsp3) is 0.381. The van der Waals surface area contributed by atoms with Crippen LogP contribution in [0.25, 0.3) is 17.1 Å². The van der Waals surface area contributed by atoms with E-state index in [2.05, 4.69) is 74.9 Å². The lowest BCUT2D eigenvalue weighted by Gasteiger charge is -2.08. The monoisotopic (exact) mass is 390 g/mol. The second kappa shape index (κ2) is 8.38. The Balaban J connectivity index is 1.51. The van der Waals surface area contributed by atoms with Gasteiger partial charge in [0.1, 0.15) is 5.82 Å². The molecule has 8 heteroatoms. The molecule has 3 aromatic heterocycles. The van der Waals surface area contributed by atoms with E-state index in [0.717, 1.165) is 48.7 Å². The third-order valence-electron chi connectivity index (χ3n) is 4.90. The van der Waals surface area contributed by atoms with Crippen LogP contribution in [0.4, 0.5) is 0 Å². The van der Waals surface area contributed by atoms with Crippen molar-refractivity contribution in [3.8, 4) is 17.1 Å². The van der Waals surface area contributed by atoms with Crippen LogP contribution in [0.5, 0.6) is 0 Å². The van der Waals surface area contributed by atoms with Crippen LogP contribution in [0, 0.1) is 0 Å². The lowest BCUT2D eigenvalue weighted by Crippen LogP contribution is -2.07. The summed E-state index contributed by atoms with van der Waals surface area (Å²) in [4.78, 5) is 4.76. The highest BCUT2D eigenvalue weighted by Gasteiger charge is 2.13. The quantitative estimate of drug-likeness (QED) is 0.495. The van der Waals surface area contributed by atoms with E-state index in [1.54, 1.807) is 0 Å². The van der Waals surface area contributed by atoms with Gasteiger partial charge in [0.25, 0.3) is 0 Å². The molecule has 0 fully saturated rings. The van der Waals surface area contributed by atoms with Crippen LogP contribution < -0.4 is 0 Å². The van der Waals surface area contributed by atoms with Gasteiger partial charge in [-0.2, -0.15) is 10.3 Å². The molecule has 4 rings (SSSR count). The first-order valence-corrected chi connectivity index (χ1v) is 10.1. The van der Waals surface area contributed by atoms with Crippen LogP contribution in [0.2, 0.25) is 0 Å². The number of rotatable bonds is 8. The van der Waals surface area contributed by atoms with Gasteiger partial charge in [0.15, 0.2) is 5.82 Å². The first kappa shape index (κ1) is 19.0. The van der Waals surface area contributed by atoms with Crippen molar-refractivity contribution in [3.05, 3.63) is 59.9 Å². The molecular weight excluding hydrogens is 364 g/mol. The number of H-pyrrole nitrogens is 1. The number of hydrogen-bond acceptors (Lipinski definition) is 5. The molecular formula is C21H26N8. The van der Waals surface area contributed by atoms with E-state index in [4.69, 9.17) is 10.1 Å². The van der Waals surface area contributed by atoms with E-state index >= 15 is 0 Å². The minimum atomic E-state index is 0.334.